The van der Waals surface area contributed by atoms with Crippen LogP contribution in [0.15, 0.2) is 42.9 Å². The molecule has 21 heavy (non-hydrogen) atoms. The Labute approximate surface area is 123 Å². The van der Waals surface area contributed by atoms with Crippen LogP contribution >= 0.6 is 0 Å². The molecule has 0 unspecified atom stereocenters. The minimum atomic E-state index is 0.742. The molecule has 0 aliphatic rings. The number of imidazole rings is 1. The van der Waals surface area contributed by atoms with E-state index < -0.39 is 0 Å². The largest absolute Gasteiger partial charge is 0.494 e. The van der Waals surface area contributed by atoms with E-state index in [9.17, 15) is 0 Å². The first kappa shape index (κ1) is 13.4. The number of anilines is 1. The summed E-state index contributed by atoms with van der Waals surface area (Å²) in [5.74, 6) is 0.917. The van der Waals surface area contributed by atoms with Crippen LogP contribution in [-0.2, 0) is 6.54 Å². The van der Waals surface area contributed by atoms with Gasteiger partial charge in [0.2, 0.25) is 0 Å². The van der Waals surface area contributed by atoms with Crippen molar-refractivity contribution >= 4 is 16.9 Å². The minimum Gasteiger partial charge on any atom is -0.494 e. The van der Waals surface area contributed by atoms with Gasteiger partial charge < -0.3 is 15.0 Å². The zero-order valence-electron chi connectivity index (χ0n) is 12.0. The van der Waals surface area contributed by atoms with E-state index >= 15 is 0 Å². The molecule has 2 aromatic heterocycles. The first-order chi connectivity index (χ1) is 10.3. The second kappa shape index (κ2) is 6.26. The third kappa shape index (κ3) is 3.31. The average Bonchev–Trinajstić information content (AvgIpc) is 2.99. The molecule has 0 saturated heterocycles. The lowest BCUT2D eigenvalue weighted by atomic mass is 10.2. The smallest absolute Gasteiger partial charge is 0.157 e. The molecule has 108 valence electrons. The summed E-state index contributed by atoms with van der Waals surface area (Å²) < 4.78 is 5.57. The van der Waals surface area contributed by atoms with E-state index in [1.165, 1.54) is 5.56 Å². The molecule has 0 spiro atoms. The zero-order chi connectivity index (χ0) is 14.5. The Kier molecular flexibility index (Phi) is 4.00. The molecule has 0 aliphatic carbocycles. The van der Waals surface area contributed by atoms with E-state index in [0.717, 1.165) is 42.2 Å². The summed E-state index contributed by atoms with van der Waals surface area (Å²) in [4.78, 5) is 11.5. The normalized spacial score (nSPS) is 10.7. The van der Waals surface area contributed by atoms with Crippen molar-refractivity contribution in [1.82, 2.24) is 15.0 Å². The number of pyridine rings is 1. The summed E-state index contributed by atoms with van der Waals surface area (Å²) >= 11 is 0. The van der Waals surface area contributed by atoms with Crippen molar-refractivity contribution < 1.29 is 4.74 Å². The van der Waals surface area contributed by atoms with Gasteiger partial charge in [-0.3, -0.25) is 0 Å². The Morgan fingerprint density at radius 3 is 2.86 bits per heavy atom. The highest BCUT2D eigenvalue weighted by molar-refractivity contribution is 5.73. The molecular formula is C16H18N4O. The molecular weight excluding hydrogens is 264 g/mol. The van der Waals surface area contributed by atoms with Gasteiger partial charge in [-0.25, -0.2) is 9.97 Å². The average molecular weight is 282 g/mol. The SMILES string of the molecule is CCCOc1ccc(CNc2cnc3[nH]cnc3c2)cc1. The van der Waals surface area contributed by atoms with Crippen LogP contribution < -0.4 is 10.1 Å². The summed E-state index contributed by atoms with van der Waals surface area (Å²) in [5, 5.41) is 3.35. The Bertz CT molecular complexity index is 706. The van der Waals surface area contributed by atoms with E-state index in [2.05, 4.69) is 39.3 Å². The van der Waals surface area contributed by atoms with Crippen LogP contribution in [0.5, 0.6) is 5.75 Å². The van der Waals surface area contributed by atoms with E-state index in [-0.39, 0.29) is 0 Å². The van der Waals surface area contributed by atoms with Crippen LogP contribution in [0.25, 0.3) is 11.2 Å². The van der Waals surface area contributed by atoms with Crippen molar-refractivity contribution in [2.75, 3.05) is 11.9 Å². The lowest BCUT2D eigenvalue weighted by molar-refractivity contribution is 0.317. The highest BCUT2D eigenvalue weighted by Gasteiger charge is 2.00. The van der Waals surface area contributed by atoms with Gasteiger partial charge in [0, 0.05) is 6.54 Å². The van der Waals surface area contributed by atoms with Crippen molar-refractivity contribution in [2.24, 2.45) is 0 Å². The van der Waals surface area contributed by atoms with Crippen LogP contribution in [0, 0.1) is 0 Å². The van der Waals surface area contributed by atoms with Gasteiger partial charge >= 0.3 is 0 Å². The molecule has 5 heteroatoms. The molecule has 0 aliphatic heterocycles. The lowest BCUT2D eigenvalue weighted by Crippen LogP contribution is -2.00. The van der Waals surface area contributed by atoms with Gasteiger partial charge in [0.15, 0.2) is 5.65 Å². The number of benzene rings is 1. The molecule has 0 bridgehead atoms. The zero-order valence-corrected chi connectivity index (χ0v) is 12.0. The predicted molar refractivity (Wildman–Crippen MR) is 83.4 cm³/mol. The van der Waals surface area contributed by atoms with Gasteiger partial charge in [0.1, 0.15) is 11.3 Å². The number of H-pyrrole nitrogens is 1. The second-order valence-corrected chi connectivity index (χ2v) is 4.84. The maximum atomic E-state index is 5.57. The molecule has 3 aromatic rings. The third-order valence-electron chi connectivity index (χ3n) is 3.17. The number of nitrogens with zero attached hydrogens (tertiary/aromatic N) is 2. The topological polar surface area (TPSA) is 62.8 Å². The summed E-state index contributed by atoms with van der Waals surface area (Å²) in [7, 11) is 0. The molecule has 2 heterocycles. The first-order valence-electron chi connectivity index (χ1n) is 7.10. The fraction of sp³-hybridized carbons (Fsp3) is 0.250. The van der Waals surface area contributed by atoms with Crippen LogP contribution in [0.1, 0.15) is 18.9 Å². The standard InChI is InChI=1S/C16H18N4O/c1-2-7-21-14-5-3-12(4-6-14)9-17-13-8-15-16(18-10-13)20-11-19-15/h3-6,8,10-11,17H,2,7,9H2,1H3,(H,18,19,20). The van der Waals surface area contributed by atoms with Crippen LogP contribution in [-0.4, -0.2) is 21.6 Å². The number of fused-ring (bicyclic) bond motifs is 1. The highest BCUT2D eigenvalue weighted by atomic mass is 16.5. The number of hydrogen-bond acceptors (Lipinski definition) is 4. The molecule has 0 amide bonds. The van der Waals surface area contributed by atoms with Crippen molar-refractivity contribution in [3.8, 4) is 5.75 Å². The van der Waals surface area contributed by atoms with Crippen molar-refractivity contribution in [3.63, 3.8) is 0 Å². The fourth-order valence-corrected chi connectivity index (χ4v) is 2.05. The maximum absolute atomic E-state index is 5.57. The Balaban J connectivity index is 1.61. The predicted octanol–water partition coefficient (Wildman–Crippen LogP) is 3.36. The quantitative estimate of drug-likeness (QED) is 0.727. The molecule has 5 nitrogen and oxygen atoms in total. The van der Waals surface area contributed by atoms with Crippen LogP contribution in [0.2, 0.25) is 0 Å². The van der Waals surface area contributed by atoms with Gasteiger partial charge in [-0.15, -0.1) is 0 Å². The van der Waals surface area contributed by atoms with Crippen LogP contribution in [0.4, 0.5) is 5.69 Å². The van der Waals surface area contributed by atoms with E-state index in [1.54, 1.807) is 12.5 Å². The Morgan fingerprint density at radius 1 is 1.19 bits per heavy atom. The summed E-state index contributed by atoms with van der Waals surface area (Å²) in [6.45, 7) is 3.60. The Morgan fingerprint density at radius 2 is 2.05 bits per heavy atom. The van der Waals surface area contributed by atoms with Crippen molar-refractivity contribution in [1.29, 1.82) is 0 Å². The highest BCUT2D eigenvalue weighted by Crippen LogP contribution is 2.16. The number of aromatic amines is 1. The van der Waals surface area contributed by atoms with Gasteiger partial charge in [0.05, 0.1) is 24.8 Å². The van der Waals surface area contributed by atoms with Crippen LogP contribution in [0.3, 0.4) is 0 Å². The number of ether oxygens (including phenoxy) is 1. The second-order valence-electron chi connectivity index (χ2n) is 4.84. The van der Waals surface area contributed by atoms with Gasteiger partial charge in [-0.1, -0.05) is 19.1 Å². The van der Waals surface area contributed by atoms with Crippen molar-refractivity contribution in [2.45, 2.75) is 19.9 Å². The van der Waals surface area contributed by atoms with Gasteiger partial charge in [-0.05, 0) is 30.2 Å². The molecule has 1 aromatic carbocycles. The summed E-state index contributed by atoms with van der Waals surface area (Å²) in [6.07, 6.45) is 4.47. The van der Waals surface area contributed by atoms with E-state index in [1.807, 2.05) is 18.2 Å². The Hall–Kier alpha value is -2.56. The lowest BCUT2D eigenvalue weighted by Gasteiger charge is -2.08. The molecule has 3 rings (SSSR count). The number of nitrogens with one attached hydrogen (secondary N) is 2. The number of rotatable bonds is 6. The molecule has 0 atom stereocenters. The van der Waals surface area contributed by atoms with E-state index in [4.69, 9.17) is 4.74 Å². The molecule has 2 N–H and O–H groups in total. The molecule has 0 radical (unpaired) electrons. The molecule has 0 saturated carbocycles. The minimum absolute atomic E-state index is 0.742. The third-order valence-corrected chi connectivity index (χ3v) is 3.17. The van der Waals surface area contributed by atoms with Gasteiger partial charge in [0.25, 0.3) is 0 Å². The first-order valence-corrected chi connectivity index (χ1v) is 7.10. The maximum Gasteiger partial charge on any atom is 0.157 e. The monoisotopic (exact) mass is 282 g/mol. The summed E-state index contributed by atoms with van der Waals surface area (Å²) in [5.41, 5.74) is 3.82. The van der Waals surface area contributed by atoms with Crippen molar-refractivity contribution in [3.05, 3.63) is 48.4 Å². The molecule has 0 fully saturated rings. The fourth-order valence-electron chi connectivity index (χ4n) is 2.05. The van der Waals surface area contributed by atoms with Gasteiger partial charge in [-0.2, -0.15) is 0 Å². The number of hydrogen-bond donors (Lipinski definition) is 2. The number of aromatic nitrogens is 3. The summed E-state index contributed by atoms with van der Waals surface area (Å²) in [6, 6.07) is 10.1. The van der Waals surface area contributed by atoms with E-state index in [0.29, 0.717) is 0 Å².